The molecule has 9 heavy (non-hydrogen) atoms. The molecule has 0 atom stereocenters. The number of hydrogen-bond donors (Lipinski definition) is 0. The molecule has 0 bridgehead atoms. The van der Waals surface area contributed by atoms with Crippen LogP contribution in [0.2, 0.25) is 0 Å². The van der Waals surface area contributed by atoms with Crippen molar-refractivity contribution >= 4 is 0 Å². The maximum atomic E-state index is 3.57. The van der Waals surface area contributed by atoms with Crippen molar-refractivity contribution in [1.82, 2.24) is 0 Å². The van der Waals surface area contributed by atoms with Gasteiger partial charge in [-0.05, 0) is 6.42 Å². The van der Waals surface area contributed by atoms with Crippen molar-refractivity contribution in [1.29, 1.82) is 0 Å². The van der Waals surface area contributed by atoms with Gasteiger partial charge in [0, 0.05) is 16.5 Å². The second-order valence-corrected chi connectivity index (χ2v) is 1.81. The van der Waals surface area contributed by atoms with Crippen molar-refractivity contribution in [3.8, 4) is 0 Å². The van der Waals surface area contributed by atoms with Crippen LogP contribution in [-0.2, 0) is 16.5 Å². The second-order valence-electron chi connectivity index (χ2n) is 1.81. The van der Waals surface area contributed by atoms with Crippen LogP contribution in [0, 0.1) is 0 Å². The van der Waals surface area contributed by atoms with E-state index in [2.05, 4.69) is 19.6 Å². The minimum Gasteiger partial charge on any atom is -0.0991 e. The molecule has 0 spiro atoms. The number of hydrogen-bond acceptors (Lipinski definition) is 0. The van der Waals surface area contributed by atoms with Gasteiger partial charge in [0.05, 0.1) is 0 Å². The third kappa shape index (κ3) is 11.5. The Labute approximate surface area is 68.0 Å². The van der Waals surface area contributed by atoms with Crippen molar-refractivity contribution in [3.05, 3.63) is 24.8 Å². The third-order valence-electron chi connectivity index (χ3n) is 0.997. The van der Waals surface area contributed by atoms with E-state index in [4.69, 9.17) is 0 Å². The van der Waals surface area contributed by atoms with Crippen molar-refractivity contribution in [2.45, 2.75) is 26.2 Å². The van der Waals surface area contributed by atoms with Gasteiger partial charge in [0.15, 0.2) is 0 Å². The molecule has 0 aromatic carbocycles. The third-order valence-corrected chi connectivity index (χ3v) is 0.997. The van der Waals surface area contributed by atoms with E-state index in [-0.39, 0.29) is 16.5 Å². The van der Waals surface area contributed by atoms with Crippen LogP contribution in [0.1, 0.15) is 26.2 Å². The Bertz CT molecular complexity index is 74.6. The molecule has 0 aliphatic rings. The molecule has 0 saturated heterocycles. The Hall–Kier alpha value is -0.0265. The van der Waals surface area contributed by atoms with E-state index in [1.54, 1.807) is 0 Å². The van der Waals surface area contributed by atoms with Crippen LogP contribution in [0.15, 0.2) is 24.8 Å². The Morgan fingerprint density at radius 2 is 2.11 bits per heavy atom. The summed E-state index contributed by atoms with van der Waals surface area (Å²) in [5.41, 5.74) is 0. The first kappa shape index (κ1) is 11.7. The molecule has 0 saturated carbocycles. The van der Waals surface area contributed by atoms with Gasteiger partial charge in [-0.3, -0.25) is 0 Å². The second kappa shape index (κ2) is 10.9. The SMILES string of the molecule is C=CC=CCCCC.[Ni]. The molecule has 0 aliphatic carbocycles. The average molecular weight is 169 g/mol. The largest absolute Gasteiger partial charge is 0.0991 e. The van der Waals surface area contributed by atoms with Crippen LogP contribution in [0.5, 0.6) is 0 Å². The Balaban J connectivity index is 0. The fraction of sp³-hybridized carbons (Fsp3) is 0.500. The van der Waals surface area contributed by atoms with Gasteiger partial charge in [0.2, 0.25) is 0 Å². The normalized spacial score (nSPS) is 9.00. The van der Waals surface area contributed by atoms with Crippen LogP contribution < -0.4 is 0 Å². The quantitative estimate of drug-likeness (QED) is 0.344. The molecule has 0 amide bonds. The molecule has 0 aromatic rings. The van der Waals surface area contributed by atoms with Gasteiger partial charge in [-0.15, -0.1) is 0 Å². The Morgan fingerprint density at radius 1 is 1.44 bits per heavy atom. The molecule has 0 radical (unpaired) electrons. The molecule has 56 valence electrons. The average Bonchev–Trinajstić information content (AvgIpc) is 1.81. The molecule has 0 aliphatic heterocycles. The molecular weight excluding hydrogens is 155 g/mol. The van der Waals surface area contributed by atoms with Crippen molar-refractivity contribution in [2.75, 3.05) is 0 Å². The fourth-order valence-electron chi connectivity index (χ4n) is 0.514. The zero-order chi connectivity index (χ0) is 6.24. The van der Waals surface area contributed by atoms with Gasteiger partial charge in [0.25, 0.3) is 0 Å². The minimum atomic E-state index is 0. The zero-order valence-electron chi connectivity index (χ0n) is 5.88. The van der Waals surface area contributed by atoms with Gasteiger partial charge in [-0.2, -0.15) is 0 Å². The predicted octanol–water partition coefficient (Wildman–Crippen LogP) is 2.92. The monoisotopic (exact) mass is 168 g/mol. The number of allylic oxidation sites excluding steroid dienone is 3. The van der Waals surface area contributed by atoms with Crippen molar-refractivity contribution < 1.29 is 16.5 Å². The van der Waals surface area contributed by atoms with Crippen molar-refractivity contribution in [2.24, 2.45) is 0 Å². The molecule has 0 aromatic heterocycles. The fourth-order valence-corrected chi connectivity index (χ4v) is 0.514. The molecule has 0 heterocycles. The van der Waals surface area contributed by atoms with E-state index in [1.807, 2.05) is 12.2 Å². The standard InChI is InChI=1S/C8H14.Ni/c1-3-5-7-8-6-4-2;/h3,5,7H,1,4,6,8H2,2H3;. The maximum Gasteiger partial charge on any atom is 0 e. The van der Waals surface area contributed by atoms with Crippen molar-refractivity contribution in [3.63, 3.8) is 0 Å². The smallest absolute Gasteiger partial charge is 0 e. The Morgan fingerprint density at radius 3 is 2.56 bits per heavy atom. The van der Waals surface area contributed by atoms with E-state index < -0.39 is 0 Å². The van der Waals surface area contributed by atoms with Crippen LogP contribution in [-0.4, -0.2) is 0 Å². The topological polar surface area (TPSA) is 0 Å². The van der Waals surface area contributed by atoms with Gasteiger partial charge in [0.1, 0.15) is 0 Å². The molecule has 0 fully saturated rings. The summed E-state index contributed by atoms with van der Waals surface area (Å²) in [6, 6.07) is 0. The molecule has 0 N–H and O–H groups in total. The van der Waals surface area contributed by atoms with Gasteiger partial charge < -0.3 is 0 Å². The maximum absolute atomic E-state index is 3.57. The van der Waals surface area contributed by atoms with E-state index in [0.29, 0.717) is 0 Å². The summed E-state index contributed by atoms with van der Waals surface area (Å²) in [6.07, 6.45) is 9.73. The first-order valence-electron chi connectivity index (χ1n) is 3.19. The van der Waals surface area contributed by atoms with E-state index in [0.717, 1.165) is 0 Å². The summed E-state index contributed by atoms with van der Waals surface area (Å²) in [5.74, 6) is 0. The summed E-state index contributed by atoms with van der Waals surface area (Å²) < 4.78 is 0. The molecule has 0 nitrogen and oxygen atoms in total. The molecule has 0 rings (SSSR count). The molecule has 1 heteroatoms. The predicted molar refractivity (Wildman–Crippen MR) is 38.9 cm³/mol. The first-order valence-corrected chi connectivity index (χ1v) is 3.19. The Kier molecular flexibility index (Phi) is 14.2. The summed E-state index contributed by atoms with van der Waals surface area (Å²) >= 11 is 0. The minimum absolute atomic E-state index is 0. The number of unbranched alkanes of at least 4 members (excludes halogenated alkanes) is 2. The van der Waals surface area contributed by atoms with Gasteiger partial charge in [-0.1, -0.05) is 44.6 Å². The molecule has 0 unspecified atom stereocenters. The molecular formula is C8H14Ni. The first-order chi connectivity index (χ1) is 3.91. The van der Waals surface area contributed by atoms with Crippen LogP contribution in [0.3, 0.4) is 0 Å². The summed E-state index contributed by atoms with van der Waals surface area (Å²) in [7, 11) is 0. The van der Waals surface area contributed by atoms with E-state index in [1.165, 1.54) is 19.3 Å². The van der Waals surface area contributed by atoms with Crippen LogP contribution in [0.25, 0.3) is 0 Å². The van der Waals surface area contributed by atoms with E-state index >= 15 is 0 Å². The summed E-state index contributed by atoms with van der Waals surface area (Å²) in [6.45, 7) is 5.77. The van der Waals surface area contributed by atoms with E-state index in [9.17, 15) is 0 Å². The zero-order valence-corrected chi connectivity index (χ0v) is 6.86. The van der Waals surface area contributed by atoms with Crippen LogP contribution in [0.4, 0.5) is 0 Å². The number of rotatable bonds is 4. The van der Waals surface area contributed by atoms with Crippen LogP contribution >= 0.6 is 0 Å². The van der Waals surface area contributed by atoms with Gasteiger partial charge in [-0.25, -0.2) is 0 Å². The van der Waals surface area contributed by atoms with Gasteiger partial charge >= 0.3 is 0 Å². The summed E-state index contributed by atoms with van der Waals surface area (Å²) in [5, 5.41) is 0. The summed E-state index contributed by atoms with van der Waals surface area (Å²) in [4.78, 5) is 0.